The Morgan fingerprint density at radius 2 is 0.618 bits per heavy atom. The third-order valence-corrected chi connectivity index (χ3v) is 10.1. The van der Waals surface area contributed by atoms with Crippen molar-refractivity contribution < 1.29 is 24.9 Å². The van der Waals surface area contributed by atoms with Crippen LogP contribution in [0.3, 0.4) is 0 Å². The second kappa shape index (κ2) is 15.4. The minimum atomic E-state index is -0.584. The summed E-state index contributed by atoms with van der Waals surface area (Å²) in [7, 11) is 0. The summed E-state index contributed by atoms with van der Waals surface area (Å²) < 4.78 is 0. The van der Waals surface area contributed by atoms with Crippen molar-refractivity contribution in [2.45, 2.75) is 177 Å². The first-order valence-electron chi connectivity index (χ1n) is 19.6. The molecule has 0 saturated heterocycles. The molecule has 3 aromatic carbocycles. The van der Waals surface area contributed by atoms with E-state index in [0.717, 1.165) is 44.5 Å². The molecular formula is C47H71N3O5. The van der Waals surface area contributed by atoms with Crippen LogP contribution in [-0.4, -0.2) is 32.3 Å². The SMILES string of the molecule is CC(C)(C)c1cc(CNC(=O)N(Cc2cc(C(C)(C)C)c(O)c(C(C)(C)C)c2)C(=O)NCc2cc(C(C)(C)C)c(O)c(C(C)(C)C)c2)cc(C(C)(C)C)c1O. The zero-order valence-electron chi connectivity index (χ0n) is 37.2. The summed E-state index contributed by atoms with van der Waals surface area (Å²) >= 11 is 0. The van der Waals surface area contributed by atoms with E-state index in [1.54, 1.807) is 0 Å². The van der Waals surface area contributed by atoms with E-state index in [1.165, 1.54) is 4.90 Å². The van der Waals surface area contributed by atoms with Gasteiger partial charge in [-0.25, -0.2) is 14.5 Å². The molecule has 0 aliphatic carbocycles. The predicted octanol–water partition coefficient (Wildman–Crippen LogP) is 11.2. The smallest absolute Gasteiger partial charge is 0.326 e. The van der Waals surface area contributed by atoms with E-state index in [-0.39, 0.29) is 58.5 Å². The molecule has 0 aliphatic heterocycles. The summed E-state index contributed by atoms with van der Waals surface area (Å²) in [5.41, 5.74) is 4.72. The zero-order chi connectivity index (χ0) is 42.4. The molecule has 0 saturated carbocycles. The van der Waals surface area contributed by atoms with E-state index in [0.29, 0.717) is 5.56 Å². The number of urea groups is 2. The van der Waals surface area contributed by atoms with Crippen LogP contribution in [0, 0.1) is 0 Å². The lowest BCUT2D eigenvalue weighted by Gasteiger charge is -2.30. The van der Waals surface area contributed by atoms with E-state index < -0.39 is 22.9 Å². The fraction of sp³-hybridized carbons (Fsp3) is 0.574. The average Bonchev–Trinajstić information content (AvgIpc) is 2.99. The molecule has 0 radical (unpaired) electrons. The number of phenols is 3. The van der Waals surface area contributed by atoms with Crippen LogP contribution in [0.2, 0.25) is 0 Å². The highest BCUT2D eigenvalue weighted by molar-refractivity contribution is 5.93. The molecule has 0 spiro atoms. The molecule has 0 aliphatic rings. The minimum Gasteiger partial charge on any atom is -0.507 e. The molecule has 0 atom stereocenters. The van der Waals surface area contributed by atoms with E-state index in [9.17, 15) is 24.9 Å². The molecule has 3 rings (SSSR count). The Hall–Kier alpha value is -4.20. The van der Waals surface area contributed by atoms with Crippen molar-refractivity contribution in [3.8, 4) is 17.2 Å². The highest BCUT2D eigenvalue weighted by atomic mass is 16.3. The third kappa shape index (κ3) is 11.0. The van der Waals surface area contributed by atoms with Crippen LogP contribution >= 0.6 is 0 Å². The molecule has 8 heteroatoms. The monoisotopic (exact) mass is 758 g/mol. The van der Waals surface area contributed by atoms with Crippen molar-refractivity contribution in [2.24, 2.45) is 0 Å². The summed E-state index contributed by atoms with van der Waals surface area (Å²) in [6, 6.07) is 10.3. The van der Waals surface area contributed by atoms with Crippen molar-refractivity contribution in [3.05, 3.63) is 86.5 Å². The molecule has 3 aromatic rings. The molecular weight excluding hydrogens is 687 g/mol. The Kier molecular flexibility index (Phi) is 12.6. The number of benzene rings is 3. The first kappa shape index (κ1) is 45.2. The maximum absolute atomic E-state index is 14.3. The molecule has 55 heavy (non-hydrogen) atoms. The van der Waals surface area contributed by atoms with Crippen molar-refractivity contribution in [1.29, 1.82) is 0 Å². The number of carbonyl (C=O) groups is 2. The molecule has 4 amide bonds. The van der Waals surface area contributed by atoms with Crippen molar-refractivity contribution in [3.63, 3.8) is 0 Å². The molecule has 304 valence electrons. The molecule has 8 nitrogen and oxygen atoms in total. The van der Waals surface area contributed by atoms with Gasteiger partial charge in [-0.3, -0.25) is 0 Å². The minimum absolute atomic E-state index is 0.0454. The predicted molar refractivity (Wildman–Crippen MR) is 227 cm³/mol. The van der Waals surface area contributed by atoms with E-state index in [1.807, 2.05) is 161 Å². The van der Waals surface area contributed by atoms with Gasteiger partial charge in [0.15, 0.2) is 0 Å². The van der Waals surface area contributed by atoms with Gasteiger partial charge >= 0.3 is 12.1 Å². The van der Waals surface area contributed by atoms with E-state index in [4.69, 9.17) is 0 Å². The van der Waals surface area contributed by atoms with Crippen LogP contribution in [0.15, 0.2) is 36.4 Å². The Morgan fingerprint density at radius 3 is 0.818 bits per heavy atom. The molecule has 0 bridgehead atoms. The van der Waals surface area contributed by atoms with Gasteiger partial charge in [0, 0.05) is 13.1 Å². The van der Waals surface area contributed by atoms with Crippen LogP contribution in [-0.2, 0) is 52.1 Å². The summed E-state index contributed by atoms with van der Waals surface area (Å²) in [6.45, 7) is 36.9. The number of hydrogen-bond acceptors (Lipinski definition) is 5. The van der Waals surface area contributed by atoms with Crippen LogP contribution in [0.25, 0.3) is 0 Å². The Bertz CT molecular complexity index is 1700. The Morgan fingerprint density at radius 1 is 0.418 bits per heavy atom. The number of phenolic OH excluding ortho intramolecular Hbond substituents is 3. The fourth-order valence-corrected chi connectivity index (χ4v) is 6.77. The van der Waals surface area contributed by atoms with Gasteiger partial charge < -0.3 is 26.0 Å². The molecule has 5 N–H and O–H groups in total. The lowest BCUT2D eigenvalue weighted by molar-refractivity contribution is 0.183. The van der Waals surface area contributed by atoms with E-state index >= 15 is 0 Å². The number of nitrogens with zero attached hydrogens (tertiary/aromatic N) is 1. The molecule has 0 heterocycles. The van der Waals surface area contributed by atoms with Crippen LogP contribution in [0.4, 0.5) is 9.59 Å². The van der Waals surface area contributed by atoms with Gasteiger partial charge in [0.25, 0.3) is 0 Å². The number of nitrogens with one attached hydrogen (secondary N) is 2. The number of hydrogen-bond donors (Lipinski definition) is 5. The topological polar surface area (TPSA) is 122 Å². The summed E-state index contributed by atoms with van der Waals surface area (Å²) in [6.07, 6.45) is 0. The van der Waals surface area contributed by atoms with Gasteiger partial charge in [-0.15, -0.1) is 0 Å². The molecule has 0 aromatic heterocycles. The normalized spacial score (nSPS) is 13.1. The highest BCUT2D eigenvalue weighted by Gasteiger charge is 2.31. The standard InChI is InChI=1S/C47H71N3O5/c1-42(2,3)31-19-28(20-32(37(31)51)43(4,5)6)25-48-40(54)50(27-30-23-35(46(13,14)15)39(53)36(24-30)47(16,17)18)41(55)49-26-29-21-33(44(7,8)9)38(52)34(22-29)45(10,11)12/h19-24,51-53H,25-27H2,1-18H3,(H,48,54)(H,49,55). The lowest BCUT2D eigenvalue weighted by Crippen LogP contribution is -2.47. The Labute approximate surface area is 332 Å². The Balaban J connectivity index is 2.12. The lowest BCUT2D eigenvalue weighted by atomic mass is 9.78. The van der Waals surface area contributed by atoms with Crippen molar-refractivity contribution in [1.82, 2.24) is 15.5 Å². The average molecular weight is 758 g/mol. The highest BCUT2D eigenvalue weighted by Crippen LogP contribution is 2.42. The van der Waals surface area contributed by atoms with Gasteiger partial charge in [0.2, 0.25) is 0 Å². The van der Waals surface area contributed by atoms with Crippen LogP contribution in [0.1, 0.15) is 175 Å². The molecule has 0 fully saturated rings. The van der Waals surface area contributed by atoms with E-state index in [2.05, 4.69) is 10.6 Å². The zero-order valence-corrected chi connectivity index (χ0v) is 37.2. The second-order valence-electron chi connectivity index (χ2n) is 21.5. The third-order valence-electron chi connectivity index (χ3n) is 10.1. The number of rotatable bonds is 6. The first-order valence-corrected chi connectivity index (χ1v) is 19.6. The number of aromatic hydroxyl groups is 3. The fourth-order valence-electron chi connectivity index (χ4n) is 6.77. The maximum atomic E-state index is 14.3. The van der Waals surface area contributed by atoms with Gasteiger partial charge in [-0.05, 0) is 119 Å². The quantitative estimate of drug-likeness (QED) is 0.171. The van der Waals surface area contributed by atoms with Crippen molar-refractivity contribution in [2.75, 3.05) is 0 Å². The number of carbonyl (C=O) groups excluding carboxylic acids is 2. The van der Waals surface area contributed by atoms with Gasteiger partial charge in [-0.1, -0.05) is 125 Å². The van der Waals surface area contributed by atoms with Crippen molar-refractivity contribution >= 4 is 12.1 Å². The molecule has 0 unspecified atom stereocenters. The second-order valence-corrected chi connectivity index (χ2v) is 21.5. The largest absolute Gasteiger partial charge is 0.507 e. The van der Waals surface area contributed by atoms with Gasteiger partial charge in [-0.2, -0.15) is 0 Å². The maximum Gasteiger partial charge on any atom is 0.326 e. The van der Waals surface area contributed by atoms with Crippen LogP contribution < -0.4 is 10.6 Å². The summed E-state index contributed by atoms with van der Waals surface area (Å²) in [4.78, 5) is 29.7. The number of amides is 4. The van der Waals surface area contributed by atoms with Gasteiger partial charge in [0.05, 0.1) is 6.54 Å². The van der Waals surface area contributed by atoms with Crippen LogP contribution in [0.5, 0.6) is 17.2 Å². The number of imide groups is 1. The van der Waals surface area contributed by atoms with Gasteiger partial charge in [0.1, 0.15) is 17.2 Å². The first-order chi connectivity index (χ1) is 24.6. The summed E-state index contributed by atoms with van der Waals surface area (Å²) in [5, 5.41) is 40.0. The summed E-state index contributed by atoms with van der Waals surface area (Å²) in [5.74, 6) is 0.731.